The van der Waals surface area contributed by atoms with Crippen LogP contribution >= 0.6 is 15.9 Å². The Morgan fingerprint density at radius 3 is 2.45 bits per heavy atom. The van der Waals surface area contributed by atoms with E-state index >= 15 is 0 Å². The molecule has 10 nitrogen and oxygen atoms in total. The van der Waals surface area contributed by atoms with Crippen molar-refractivity contribution in [2.45, 2.75) is 95.0 Å². The minimum atomic E-state index is -1.55. The molecule has 4 rings (SSSR count). The van der Waals surface area contributed by atoms with Gasteiger partial charge in [-0.1, -0.05) is 53.4 Å². The number of hydrogen-bond acceptors (Lipinski definition) is 9. The fourth-order valence-electron chi connectivity index (χ4n) is 5.50. The molecule has 2 aliphatic rings. The number of aliphatic imine (C=N–C) groups is 1. The summed E-state index contributed by atoms with van der Waals surface area (Å²) in [7, 11) is 0. The lowest BCUT2D eigenvalue weighted by molar-refractivity contribution is -0.155. The van der Waals surface area contributed by atoms with E-state index in [1.807, 2.05) is 24.3 Å². The van der Waals surface area contributed by atoms with Crippen LogP contribution in [0, 0.1) is 0 Å². The molecule has 1 fully saturated rings. The average molecular weight is 675 g/mol. The Bertz CT molecular complexity index is 1310. The van der Waals surface area contributed by atoms with Crippen molar-refractivity contribution in [3.8, 4) is 5.75 Å². The van der Waals surface area contributed by atoms with Gasteiger partial charge in [0.25, 0.3) is 5.91 Å². The first kappa shape index (κ1) is 33.9. The molecule has 1 aliphatic carbocycles. The highest BCUT2D eigenvalue weighted by atomic mass is 79.9. The number of carbonyl (C=O) groups excluding carboxylic acids is 2. The van der Waals surface area contributed by atoms with E-state index < -0.39 is 34.7 Å². The molecular formula is C33H44BrN3O7. The number of rotatable bonds is 13. The first-order valence-corrected chi connectivity index (χ1v) is 16.1. The van der Waals surface area contributed by atoms with E-state index in [9.17, 15) is 14.7 Å². The number of halogens is 1. The lowest BCUT2D eigenvalue weighted by atomic mass is 9.83. The summed E-state index contributed by atoms with van der Waals surface area (Å²) in [5, 5.41) is 20.0. The molecule has 1 amide bonds. The molecule has 1 heterocycles. The van der Waals surface area contributed by atoms with Gasteiger partial charge in [-0.15, -0.1) is 0 Å². The molecule has 1 aliphatic heterocycles. The molecule has 4 N–H and O–H groups in total. The third kappa shape index (κ3) is 8.80. The van der Waals surface area contributed by atoms with E-state index in [-0.39, 0.29) is 31.9 Å². The van der Waals surface area contributed by atoms with E-state index in [1.165, 1.54) is 0 Å². The number of nitrogens with zero attached hydrogens (tertiary/aromatic N) is 1. The van der Waals surface area contributed by atoms with Gasteiger partial charge in [0.15, 0.2) is 11.6 Å². The number of nitrogens with one attached hydrogen (secondary N) is 2. The van der Waals surface area contributed by atoms with E-state index in [0.717, 1.165) is 23.7 Å². The molecule has 0 unspecified atom stereocenters. The summed E-state index contributed by atoms with van der Waals surface area (Å²) in [5.74, 6) is -0.0620. The number of carbonyl (C=O) groups is 2. The second kappa shape index (κ2) is 14.9. The smallest absolute Gasteiger partial charge is 0.306 e. The molecule has 0 aromatic heterocycles. The van der Waals surface area contributed by atoms with Crippen LogP contribution in [-0.2, 0) is 19.1 Å². The first-order chi connectivity index (χ1) is 20.9. The molecule has 240 valence electrons. The topological polar surface area (TPSA) is 139 Å². The molecule has 44 heavy (non-hydrogen) atoms. The fourth-order valence-corrected chi connectivity index (χ4v) is 6.00. The van der Waals surface area contributed by atoms with Crippen molar-refractivity contribution in [3.63, 3.8) is 0 Å². The Labute approximate surface area is 267 Å². The van der Waals surface area contributed by atoms with E-state index in [0.29, 0.717) is 42.7 Å². The Morgan fingerprint density at radius 2 is 1.80 bits per heavy atom. The molecule has 0 radical (unpaired) electrons. The van der Waals surface area contributed by atoms with Gasteiger partial charge in [0, 0.05) is 41.6 Å². The minimum absolute atomic E-state index is 0.0115. The molecule has 2 aromatic carbocycles. The van der Waals surface area contributed by atoms with Crippen LogP contribution in [0.2, 0.25) is 0 Å². The van der Waals surface area contributed by atoms with E-state index in [1.54, 1.807) is 45.0 Å². The zero-order valence-corrected chi connectivity index (χ0v) is 27.3. The minimum Gasteiger partial charge on any atom is -0.494 e. The molecule has 0 spiro atoms. The second-order valence-electron chi connectivity index (χ2n) is 12.5. The Balaban J connectivity index is 1.67. The number of ether oxygens (including phenoxy) is 3. The normalized spacial score (nSPS) is 21.2. The van der Waals surface area contributed by atoms with Crippen molar-refractivity contribution in [2.75, 3.05) is 19.8 Å². The molecule has 1 saturated carbocycles. The zero-order chi connectivity index (χ0) is 31.8. The summed E-state index contributed by atoms with van der Waals surface area (Å²) in [4.78, 5) is 32.1. The van der Waals surface area contributed by atoms with Gasteiger partial charge in [0.1, 0.15) is 11.4 Å². The summed E-state index contributed by atoms with van der Waals surface area (Å²) in [6, 6.07) is 14.6. The van der Waals surface area contributed by atoms with Crippen LogP contribution in [0.4, 0.5) is 0 Å². The molecule has 0 saturated heterocycles. The second-order valence-corrected chi connectivity index (χ2v) is 13.3. The van der Waals surface area contributed by atoms with Crippen LogP contribution in [0.25, 0.3) is 0 Å². The highest BCUT2D eigenvalue weighted by Crippen LogP contribution is 2.45. The number of aliphatic hydroxyl groups is 2. The molecular weight excluding hydrogens is 630 g/mol. The summed E-state index contributed by atoms with van der Waals surface area (Å²) in [5.41, 5.74) is 3.94. The van der Waals surface area contributed by atoms with Crippen molar-refractivity contribution in [2.24, 2.45) is 4.99 Å². The lowest BCUT2D eigenvalue weighted by Crippen LogP contribution is -2.56. The summed E-state index contributed by atoms with van der Waals surface area (Å²) in [6.07, 6.45) is 3.84. The number of amides is 1. The van der Waals surface area contributed by atoms with Crippen LogP contribution in [0.15, 0.2) is 58.0 Å². The first-order valence-electron chi connectivity index (χ1n) is 15.3. The van der Waals surface area contributed by atoms with Crippen molar-refractivity contribution in [3.05, 3.63) is 64.1 Å². The maximum atomic E-state index is 14.2. The molecule has 11 heteroatoms. The van der Waals surface area contributed by atoms with Crippen LogP contribution in [0.5, 0.6) is 5.75 Å². The predicted octanol–water partition coefficient (Wildman–Crippen LogP) is 4.91. The van der Waals surface area contributed by atoms with Crippen molar-refractivity contribution >= 4 is 33.7 Å². The number of benzene rings is 2. The highest BCUT2D eigenvalue weighted by molar-refractivity contribution is 9.10. The predicted molar refractivity (Wildman–Crippen MR) is 170 cm³/mol. The van der Waals surface area contributed by atoms with Gasteiger partial charge in [-0.2, -0.15) is 0 Å². The molecule has 2 aromatic rings. The summed E-state index contributed by atoms with van der Waals surface area (Å²) >= 11 is 3.62. The Hall–Kier alpha value is -2.99. The maximum absolute atomic E-state index is 14.2. The number of esters is 1. The van der Waals surface area contributed by atoms with Crippen LogP contribution in [0.1, 0.15) is 89.4 Å². The zero-order valence-electron chi connectivity index (χ0n) is 25.7. The van der Waals surface area contributed by atoms with Crippen molar-refractivity contribution < 1.29 is 34.0 Å². The van der Waals surface area contributed by atoms with Gasteiger partial charge in [0.2, 0.25) is 5.90 Å². The van der Waals surface area contributed by atoms with E-state index in [2.05, 4.69) is 26.8 Å². The number of hydrogen-bond donors (Lipinski definition) is 4. The summed E-state index contributed by atoms with van der Waals surface area (Å²) in [6.45, 7) is 6.00. The van der Waals surface area contributed by atoms with Gasteiger partial charge < -0.3 is 24.4 Å². The van der Waals surface area contributed by atoms with Gasteiger partial charge in [-0.05, 0) is 70.4 Å². The monoisotopic (exact) mass is 673 g/mol. The standard InChI is InChI=1S/C33H44BrN3O7/c1-31(2,3)44-27(39)16-19-33(30(40)37-35-22-32(41)17-7-4-8-18-32)28(25-10-5-6-11-26(25)34)43-29(36-33)23-12-14-24(15-13-23)42-21-9-20-38/h5-6,10-15,28,35,38,41H,4,7-9,16-22H2,1-3H3,(H,37,40)/t28-,33-/m0/s1. The van der Waals surface area contributed by atoms with Crippen molar-refractivity contribution in [1.29, 1.82) is 0 Å². The third-order valence-corrected chi connectivity index (χ3v) is 8.47. The maximum Gasteiger partial charge on any atom is 0.306 e. The highest BCUT2D eigenvalue weighted by Gasteiger charge is 2.54. The van der Waals surface area contributed by atoms with Gasteiger partial charge >= 0.3 is 5.97 Å². The number of aliphatic hydroxyl groups excluding tert-OH is 1. The van der Waals surface area contributed by atoms with Crippen LogP contribution in [0.3, 0.4) is 0 Å². The van der Waals surface area contributed by atoms with Gasteiger partial charge in [0.05, 0.1) is 12.2 Å². The van der Waals surface area contributed by atoms with E-state index in [4.69, 9.17) is 24.3 Å². The van der Waals surface area contributed by atoms with Crippen LogP contribution in [-0.4, -0.2) is 64.5 Å². The fraction of sp³-hybridized carbons (Fsp3) is 0.545. The third-order valence-electron chi connectivity index (χ3n) is 7.75. The molecule has 2 atom stereocenters. The quantitative estimate of drug-likeness (QED) is 0.134. The summed E-state index contributed by atoms with van der Waals surface area (Å²) < 4.78 is 18.5. The average Bonchev–Trinajstić information content (AvgIpc) is 3.37. The SMILES string of the molecule is CC(C)(C)OC(=O)CC[C@]1(C(=O)NNCC2(O)CCCCC2)N=C(c2ccc(OCCCO)cc2)O[C@H]1c1ccccc1Br. The largest absolute Gasteiger partial charge is 0.494 e. The lowest BCUT2D eigenvalue weighted by Gasteiger charge is -2.34. The van der Waals surface area contributed by atoms with Crippen molar-refractivity contribution in [1.82, 2.24) is 10.9 Å². The Kier molecular flexibility index (Phi) is 11.4. The Morgan fingerprint density at radius 1 is 1.09 bits per heavy atom. The van der Waals surface area contributed by atoms with Gasteiger partial charge in [-0.25, -0.2) is 10.4 Å². The van der Waals surface area contributed by atoms with Gasteiger partial charge in [-0.3, -0.25) is 15.0 Å². The number of hydrazine groups is 1. The van der Waals surface area contributed by atoms with Crippen LogP contribution < -0.4 is 15.6 Å². The molecule has 0 bridgehead atoms.